The van der Waals surface area contributed by atoms with Gasteiger partial charge in [0, 0.05) is 32.3 Å². The highest BCUT2D eigenvalue weighted by atomic mass is 32.1. The van der Waals surface area contributed by atoms with Crippen LogP contribution in [0.4, 0.5) is 5.69 Å². The summed E-state index contributed by atoms with van der Waals surface area (Å²) in [5, 5.41) is 7.30. The average Bonchev–Trinajstić information content (AvgIpc) is 3.49. The van der Waals surface area contributed by atoms with E-state index in [4.69, 9.17) is 9.72 Å². The first-order chi connectivity index (χ1) is 16.7. The highest BCUT2D eigenvalue weighted by Crippen LogP contribution is 2.38. The first-order valence-corrected chi connectivity index (χ1v) is 12.4. The number of thiophene rings is 1. The molecule has 0 saturated carbocycles. The van der Waals surface area contributed by atoms with Crippen molar-refractivity contribution in [1.82, 2.24) is 4.98 Å². The Morgan fingerprint density at radius 2 is 1.56 bits per heavy atom. The number of rotatable bonds is 5. The number of carbonyl (C=O) groups excluding carboxylic acids is 1. The zero-order valence-corrected chi connectivity index (χ0v) is 19.5. The van der Waals surface area contributed by atoms with Gasteiger partial charge in [-0.1, -0.05) is 36.4 Å². The standard InChI is InChI=1S/C28H18N2O2S2/c31-27(29-19-11-13-21(14-12-19)32-20-6-2-1-3-7-20)18-10-15-24-26(16-18)34-28(30-24)23-17-33-25-9-5-4-8-22(23)25/h1-17H,(H,29,31). The maximum absolute atomic E-state index is 12.9. The van der Waals surface area contributed by atoms with Gasteiger partial charge in [0.1, 0.15) is 16.5 Å². The van der Waals surface area contributed by atoms with Crippen molar-refractivity contribution < 1.29 is 9.53 Å². The molecule has 0 aliphatic rings. The molecule has 6 aromatic rings. The van der Waals surface area contributed by atoms with Crippen LogP contribution in [0.2, 0.25) is 0 Å². The number of para-hydroxylation sites is 1. The van der Waals surface area contributed by atoms with E-state index in [1.807, 2.05) is 72.8 Å². The lowest BCUT2D eigenvalue weighted by Crippen LogP contribution is -2.11. The number of hydrogen-bond donors (Lipinski definition) is 1. The van der Waals surface area contributed by atoms with Crippen LogP contribution in [0.3, 0.4) is 0 Å². The van der Waals surface area contributed by atoms with Crippen molar-refractivity contribution >= 4 is 54.6 Å². The number of hydrogen-bond acceptors (Lipinski definition) is 5. The monoisotopic (exact) mass is 478 g/mol. The molecular weight excluding hydrogens is 460 g/mol. The molecule has 6 heteroatoms. The third kappa shape index (κ3) is 4.05. The molecule has 0 aliphatic heterocycles. The Bertz CT molecular complexity index is 1620. The van der Waals surface area contributed by atoms with Crippen molar-refractivity contribution in [3.8, 4) is 22.1 Å². The third-order valence-corrected chi connectivity index (χ3v) is 7.47. The van der Waals surface area contributed by atoms with Gasteiger partial charge >= 0.3 is 0 Å². The van der Waals surface area contributed by atoms with Gasteiger partial charge in [-0.25, -0.2) is 4.98 Å². The van der Waals surface area contributed by atoms with Crippen LogP contribution in [0, 0.1) is 0 Å². The van der Waals surface area contributed by atoms with Gasteiger partial charge in [-0.05, 0) is 60.7 Å². The van der Waals surface area contributed by atoms with Crippen LogP contribution in [0.5, 0.6) is 11.5 Å². The molecule has 0 radical (unpaired) electrons. The maximum Gasteiger partial charge on any atom is 0.255 e. The zero-order chi connectivity index (χ0) is 22.9. The smallest absolute Gasteiger partial charge is 0.255 e. The Kier molecular flexibility index (Phi) is 5.30. The highest BCUT2D eigenvalue weighted by Gasteiger charge is 2.14. The minimum absolute atomic E-state index is 0.158. The van der Waals surface area contributed by atoms with Crippen LogP contribution in [-0.2, 0) is 0 Å². The fraction of sp³-hybridized carbons (Fsp3) is 0. The summed E-state index contributed by atoms with van der Waals surface area (Å²) in [7, 11) is 0. The number of carbonyl (C=O) groups is 1. The molecule has 2 heterocycles. The largest absolute Gasteiger partial charge is 0.457 e. The van der Waals surface area contributed by atoms with Crippen LogP contribution < -0.4 is 10.1 Å². The lowest BCUT2D eigenvalue weighted by molar-refractivity contribution is 0.102. The van der Waals surface area contributed by atoms with Crippen LogP contribution in [0.1, 0.15) is 10.4 Å². The van der Waals surface area contributed by atoms with Crippen LogP contribution in [0.15, 0.2) is 102 Å². The zero-order valence-electron chi connectivity index (χ0n) is 17.9. The number of nitrogens with zero attached hydrogens (tertiary/aromatic N) is 1. The van der Waals surface area contributed by atoms with E-state index in [0.717, 1.165) is 26.5 Å². The number of nitrogens with one attached hydrogen (secondary N) is 1. The summed E-state index contributed by atoms with van der Waals surface area (Å²) in [6, 6.07) is 30.9. The number of thiazole rings is 1. The van der Waals surface area contributed by atoms with E-state index in [-0.39, 0.29) is 5.91 Å². The molecule has 4 aromatic carbocycles. The van der Waals surface area contributed by atoms with E-state index in [0.29, 0.717) is 17.0 Å². The number of fused-ring (bicyclic) bond motifs is 2. The van der Waals surface area contributed by atoms with Crippen molar-refractivity contribution in [3.63, 3.8) is 0 Å². The van der Waals surface area contributed by atoms with Crippen molar-refractivity contribution in [1.29, 1.82) is 0 Å². The summed E-state index contributed by atoms with van der Waals surface area (Å²) in [6.45, 7) is 0. The van der Waals surface area contributed by atoms with Gasteiger partial charge in [-0.15, -0.1) is 22.7 Å². The Labute approximate surface area is 204 Å². The summed E-state index contributed by atoms with van der Waals surface area (Å²) in [5.41, 5.74) is 3.35. The molecular formula is C28H18N2O2S2. The molecule has 0 saturated heterocycles. The van der Waals surface area contributed by atoms with Crippen molar-refractivity contribution in [2.45, 2.75) is 0 Å². The lowest BCUT2D eigenvalue weighted by Gasteiger charge is -2.08. The molecule has 4 nitrogen and oxygen atoms in total. The van der Waals surface area contributed by atoms with Gasteiger partial charge in [0.25, 0.3) is 5.91 Å². The van der Waals surface area contributed by atoms with Gasteiger partial charge in [0.15, 0.2) is 0 Å². The molecule has 0 spiro atoms. The van der Waals surface area contributed by atoms with E-state index < -0.39 is 0 Å². The van der Waals surface area contributed by atoms with Gasteiger partial charge in [-0.3, -0.25) is 4.79 Å². The van der Waals surface area contributed by atoms with E-state index in [1.165, 1.54) is 10.1 Å². The molecule has 0 fully saturated rings. The summed E-state index contributed by atoms with van der Waals surface area (Å²) >= 11 is 3.33. The molecule has 6 rings (SSSR count). The minimum Gasteiger partial charge on any atom is -0.457 e. The van der Waals surface area contributed by atoms with Gasteiger partial charge in [0.05, 0.1) is 10.2 Å². The van der Waals surface area contributed by atoms with Crippen molar-refractivity contribution in [3.05, 3.63) is 108 Å². The Morgan fingerprint density at radius 3 is 2.41 bits per heavy atom. The second-order valence-electron chi connectivity index (χ2n) is 7.74. The van der Waals surface area contributed by atoms with E-state index in [2.05, 4.69) is 35.0 Å². The fourth-order valence-electron chi connectivity index (χ4n) is 3.76. The highest BCUT2D eigenvalue weighted by molar-refractivity contribution is 7.22. The second-order valence-corrected chi connectivity index (χ2v) is 9.68. The van der Waals surface area contributed by atoms with Crippen LogP contribution in [0.25, 0.3) is 30.9 Å². The number of ether oxygens (including phenoxy) is 1. The first-order valence-electron chi connectivity index (χ1n) is 10.7. The lowest BCUT2D eigenvalue weighted by atomic mass is 10.2. The molecule has 0 bridgehead atoms. The fourth-order valence-corrected chi connectivity index (χ4v) is 5.81. The predicted molar refractivity (Wildman–Crippen MR) is 141 cm³/mol. The molecule has 34 heavy (non-hydrogen) atoms. The molecule has 0 unspecified atom stereocenters. The number of aromatic nitrogens is 1. The molecule has 0 aliphatic carbocycles. The number of anilines is 1. The minimum atomic E-state index is -0.158. The van der Waals surface area contributed by atoms with E-state index in [9.17, 15) is 4.79 Å². The van der Waals surface area contributed by atoms with E-state index >= 15 is 0 Å². The molecule has 164 valence electrons. The summed E-state index contributed by atoms with van der Waals surface area (Å²) < 4.78 is 8.05. The van der Waals surface area contributed by atoms with Crippen molar-refractivity contribution in [2.75, 3.05) is 5.32 Å². The average molecular weight is 479 g/mol. The molecule has 1 N–H and O–H groups in total. The van der Waals surface area contributed by atoms with Gasteiger partial charge in [-0.2, -0.15) is 0 Å². The number of amides is 1. The molecule has 2 aromatic heterocycles. The van der Waals surface area contributed by atoms with Gasteiger partial charge in [0.2, 0.25) is 0 Å². The molecule has 0 atom stereocenters. The van der Waals surface area contributed by atoms with E-state index in [1.54, 1.807) is 22.7 Å². The Morgan fingerprint density at radius 1 is 0.794 bits per heavy atom. The summed E-state index contributed by atoms with van der Waals surface area (Å²) in [6.07, 6.45) is 0. The van der Waals surface area contributed by atoms with Gasteiger partial charge < -0.3 is 10.1 Å². The van der Waals surface area contributed by atoms with Crippen molar-refractivity contribution in [2.24, 2.45) is 0 Å². The predicted octanol–water partition coefficient (Wildman–Crippen LogP) is 8.22. The Hall–Kier alpha value is -4.00. The first kappa shape index (κ1) is 20.6. The second kappa shape index (κ2) is 8.74. The topological polar surface area (TPSA) is 51.2 Å². The maximum atomic E-state index is 12.9. The Balaban J connectivity index is 1.20. The third-order valence-electron chi connectivity index (χ3n) is 5.45. The van der Waals surface area contributed by atoms with Crippen LogP contribution >= 0.6 is 22.7 Å². The number of benzene rings is 4. The normalized spacial score (nSPS) is 11.1. The SMILES string of the molecule is O=C(Nc1ccc(Oc2ccccc2)cc1)c1ccc2nc(-c3csc4ccccc34)sc2c1. The summed E-state index contributed by atoms with van der Waals surface area (Å²) in [4.78, 5) is 17.7. The molecule has 1 amide bonds. The van der Waals surface area contributed by atoms with Crippen LogP contribution in [-0.4, -0.2) is 10.9 Å². The quantitative estimate of drug-likeness (QED) is 0.271. The summed E-state index contributed by atoms with van der Waals surface area (Å²) in [5.74, 6) is 1.32.